The zero-order chi connectivity index (χ0) is 28.9. The highest BCUT2D eigenvalue weighted by Crippen LogP contribution is 2.39. The minimum absolute atomic E-state index is 0.236. The molecule has 2 aromatic rings. The Labute approximate surface area is 249 Å². The summed E-state index contributed by atoms with van der Waals surface area (Å²) in [6, 6.07) is 12.5. The number of likely N-dealkylation sites (N-methyl/N-ethyl adjacent to an activating group) is 1. The minimum Gasteiger partial charge on any atom is -0.396 e. The van der Waals surface area contributed by atoms with Crippen LogP contribution in [0.3, 0.4) is 0 Å². The lowest BCUT2D eigenvalue weighted by molar-refractivity contribution is 0.0172. The summed E-state index contributed by atoms with van der Waals surface area (Å²) in [6.07, 6.45) is 0.875. The van der Waals surface area contributed by atoms with Gasteiger partial charge in [0.05, 0.1) is 39.6 Å². The van der Waals surface area contributed by atoms with Crippen molar-refractivity contribution in [2.24, 2.45) is 5.73 Å². The predicted octanol–water partition coefficient (Wildman–Crippen LogP) is 5.59. The molecule has 10 heteroatoms. The van der Waals surface area contributed by atoms with E-state index in [1.165, 1.54) is 16.7 Å². The molecule has 0 bridgehead atoms. The third kappa shape index (κ3) is 14.5. The van der Waals surface area contributed by atoms with Crippen molar-refractivity contribution in [2.75, 3.05) is 72.9 Å². The van der Waals surface area contributed by atoms with Crippen molar-refractivity contribution in [1.82, 2.24) is 9.62 Å². The third-order valence-electron chi connectivity index (χ3n) is 5.52. The van der Waals surface area contributed by atoms with Gasteiger partial charge in [0, 0.05) is 53.6 Å². The first-order valence-electron chi connectivity index (χ1n) is 13.7. The molecule has 3 rings (SSSR count). The highest BCUT2D eigenvalue weighted by Gasteiger charge is 2.27. The van der Waals surface area contributed by atoms with Crippen molar-refractivity contribution in [3.05, 3.63) is 63.1 Å². The molecular weight excluding hydrogens is 557 g/mol. The summed E-state index contributed by atoms with van der Waals surface area (Å²) < 4.78 is 19.7. The summed E-state index contributed by atoms with van der Waals surface area (Å²) in [6.45, 7) is 12.8. The average Bonchev–Trinajstić information content (AvgIpc) is 2.95. The number of ether oxygens (including phenoxy) is 3. The molecule has 1 aliphatic heterocycles. The summed E-state index contributed by atoms with van der Waals surface area (Å²) in [5, 5.41) is 9.30. The fraction of sp³-hybridized carbons (Fsp3) is 0.586. The molecule has 0 aliphatic carbocycles. The van der Waals surface area contributed by atoms with Crippen LogP contribution in [0.5, 0.6) is 0 Å². The van der Waals surface area contributed by atoms with E-state index in [-0.39, 0.29) is 5.92 Å². The van der Waals surface area contributed by atoms with Gasteiger partial charge in [-0.15, -0.1) is 0 Å². The van der Waals surface area contributed by atoms with E-state index in [9.17, 15) is 0 Å². The van der Waals surface area contributed by atoms with E-state index in [0.29, 0.717) is 57.8 Å². The molecule has 2 aromatic carbocycles. The van der Waals surface area contributed by atoms with Crippen molar-refractivity contribution in [3.8, 4) is 0 Å². The van der Waals surface area contributed by atoms with Crippen LogP contribution in [0.2, 0.25) is 10.0 Å². The molecule has 0 fully saturated rings. The van der Waals surface area contributed by atoms with Gasteiger partial charge in [0.1, 0.15) is 0 Å². The standard InChI is InChI=1S/C24H33Cl2N3O3S.C3H8O.C2H6/c1-29-16-22(21-14-19(25)15-24(26)23(21)17-29)18-3-2-4-20(13-18)33-28-6-8-31-10-12-32-11-9-30-7-5-27;1-2-3-4;1-2/h2-4,13-15,22,28H,5-12,16-17,27H2,1H3;4H,2-3H2,1H3;1-2H3. The molecule has 0 amide bonds. The van der Waals surface area contributed by atoms with Gasteiger partial charge in [0.25, 0.3) is 0 Å². The van der Waals surface area contributed by atoms with E-state index < -0.39 is 0 Å². The fourth-order valence-corrected chi connectivity index (χ4v) is 5.06. The Morgan fingerprint density at radius 3 is 2.31 bits per heavy atom. The van der Waals surface area contributed by atoms with Crippen LogP contribution in [0, 0.1) is 0 Å². The first-order valence-corrected chi connectivity index (χ1v) is 15.3. The minimum atomic E-state index is 0.236. The Bertz CT molecular complexity index is 909. The van der Waals surface area contributed by atoms with Crippen molar-refractivity contribution in [3.63, 3.8) is 0 Å². The van der Waals surface area contributed by atoms with Gasteiger partial charge >= 0.3 is 0 Å². The normalized spacial score (nSPS) is 14.6. The topological polar surface area (TPSA) is 89.2 Å². The van der Waals surface area contributed by atoms with Crippen LogP contribution < -0.4 is 10.5 Å². The van der Waals surface area contributed by atoms with Gasteiger partial charge in [0.2, 0.25) is 0 Å². The second-order valence-corrected chi connectivity index (χ2v) is 10.4. The number of nitrogens with two attached hydrogens (primary N) is 1. The average molecular weight is 605 g/mol. The van der Waals surface area contributed by atoms with Crippen molar-refractivity contribution < 1.29 is 19.3 Å². The molecule has 4 N–H and O–H groups in total. The van der Waals surface area contributed by atoms with Crippen LogP contribution in [-0.2, 0) is 20.8 Å². The molecule has 0 saturated carbocycles. The Hall–Kier alpha value is -0.910. The molecule has 39 heavy (non-hydrogen) atoms. The Morgan fingerprint density at radius 1 is 1.03 bits per heavy atom. The third-order valence-corrected chi connectivity index (χ3v) is 6.91. The summed E-state index contributed by atoms with van der Waals surface area (Å²) in [7, 11) is 2.13. The molecular formula is C29H47Cl2N3O4S. The summed E-state index contributed by atoms with van der Waals surface area (Å²) >= 11 is 14.4. The predicted molar refractivity (Wildman–Crippen MR) is 165 cm³/mol. The van der Waals surface area contributed by atoms with Crippen molar-refractivity contribution in [1.29, 1.82) is 0 Å². The Kier molecular flexibility index (Phi) is 21.1. The van der Waals surface area contributed by atoms with E-state index in [2.05, 4.69) is 47.0 Å². The van der Waals surface area contributed by atoms with E-state index in [1.54, 1.807) is 11.9 Å². The van der Waals surface area contributed by atoms with Gasteiger partial charge in [-0.3, -0.25) is 4.72 Å². The van der Waals surface area contributed by atoms with Gasteiger partial charge in [-0.25, -0.2) is 0 Å². The lowest BCUT2D eigenvalue weighted by atomic mass is 9.85. The van der Waals surface area contributed by atoms with Gasteiger partial charge < -0.3 is 30.0 Å². The van der Waals surface area contributed by atoms with Gasteiger partial charge in [-0.2, -0.15) is 0 Å². The molecule has 7 nitrogen and oxygen atoms in total. The maximum absolute atomic E-state index is 7.88. The highest BCUT2D eigenvalue weighted by atomic mass is 35.5. The molecule has 1 aliphatic rings. The molecule has 1 atom stereocenters. The van der Waals surface area contributed by atoms with E-state index in [1.807, 2.05) is 26.8 Å². The maximum Gasteiger partial charge on any atom is 0.0701 e. The van der Waals surface area contributed by atoms with Crippen LogP contribution in [0.15, 0.2) is 41.3 Å². The van der Waals surface area contributed by atoms with Crippen molar-refractivity contribution >= 4 is 35.1 Å². The number of nitrogens with one attached hydrogen (secondary N) is 1. The number of aliphatic hydroxyl groups excluding tert-OH is 1. The van der Waals surface area contributed by atoms with Crippen molar-refractivity contribution in [2.45, 2.75) is 44.6 Å². The molecule has 1 heterocycles. The van der Waals surface area contributed by atoms with Crippen LogP contribution in [0.4, 0.5) is 0 Å². The smallest absolute Gasteiger partial charge is 0.0701 e. The molecule has 0 saturated heterocycles. The number of hydrogen-bond donors (Lipinski definition) is 3. The highest BCUT2D eigenvalue weighted by molar-refractivity contribution is 7.97. The SMILES string of the molecule is CC.CCCO.CN1Cc2c(Cl)cc(Cl)cc2C(c2cccc(SNCCOCCOCCOCCN)c2)C1. The second kappa shape index (κ2) is 22.7. The lowest BCUT2D eigenvalue weighted by Gasteiger charge is -2.33. The van der Waals surface area contributed by atoms with E-state index >= 15 is 0 Å². The van der Waals surface area contributed by atoms with Crippen LogP contribution >= 0.6 is 35.1 Å². The molecule has 1 unspecified atom stereocenters. The zero-order valence-corrected chi connectivity index (χ0v) is 26.2. The molecule has 0 radical (unpaired) electrons. The fourth-order valence-electron chi connectivity index (χ4n) is 3.80. The summed E-state index contributed by atoms with van der Waals surface area (Å²) in [5.74, 6) is 0.236. The quantitative estimate of drug-likeness (QED) is 0.179. The number of rotatable bonds is 15. The second-order valence-electron chi connectivity index (χ2n) is 8.62. The Balaban J connectivity index is 0.00000116. The number of nitrogens with zero attached hydrogens (tertiary/aromatic N) is 1. The molecule has 0 aromatic heterocycles. The van der Waals surface area contributed by atoms with Crippen LogP contribution in [0.1, 0.15) is 49.8 Å². The van der Waals surface area contributed by atoms with Crippen LogP contribution in [-0.4, -0.2) is 82.9 Å². The molecule has 0 spiro atoms. The first kappa shape index (κ1) is 36.1. The lowest BCUT2D eigenvalue weighted by Crippen LogP contribution is -2.31. The number of halogens is 2. The zero-order valence-electron chi connectivity index (χ0n) is 23.9. The molecule has 222 valence electrons. The summed E-state index contributed by atoms with van der Waals surface area (Å²) in [4.78, 5) is 3.47. The number of fused-ring (bicyclic) bond motifs is 1. The van der Waals surface area contributed by atoms with E-state index in [4.69, 9.17) is 48.3 Å². The number of hydrogen-bond acceptors (Lipinski definition) is 8. The van der Waals surface area contributed by atoms with Crippen LogP contribution in [0.25, 0.3) is 0 Å². The first-order chi connectivity index (χ1) is 19.0. The number of benzene rings is 2. The Morgan fingerprint density at radius 2 is 1.67 bits per heavy atom. The number of aliphatic hydroxyl groups is 1. The van der Waals surface area contributed by atoms with Gasteiger partial charge in [-0.1, -0.05) is 56.1 Å². The monoisotopic (exact) mass is 603 g/mol. The van der Waals surface area contributed by atoms with Gasteiger partial charge in [-0.05, 0) is 66.4 Å². The maximum atomic E-state index is 7.88. The van der Waals surface area contributed by atoms with E-state index in [0.717, 1.165) is 36.0 Å². The largest absolute Gasteiger partial charge is 0.396 e. The summed E-state index contributed by atoms with van der Waals surface area (Å²) in [5.41, 5.74) is 9.01. The van der Waals surface area contributed by atoms with Gasteiger partial charge in [0.15, 0.2) is 0 Å².